The molecule has 5 nitrogen and oxygen atoms in total. The number of carbonyl (C=O) groups is 1. The number of para-hydroxylation sites is 3. The molecule has 5 heteroatoms. The number of carbonyl (C=O) groups excluding carboxylic acids is 1. The predicted molar refractivity (Wildman–Crippen MR) is 118 cm³/mol. The smallest absolute Gasteiger partial charge is 0.258 e. The van der Waals surface area contributed by atoms with Crippen molar-refractivity contribution < 1.29 is 14.3 Å². The second-order valence-electron chi connectivity index (χ2n) is 6.89. The zero-order valence-electron chi connectivity index (χ0n) is 16.7. The van der Waals surface area contributed by atoms with Crippen LogP contribution >= 0.6 is 0 Å². The van der Waals surface area contributed by atoms with Crippen LogP contribution in [0.2, 0.25) is 0 Å². The minimum atomic E-state index is -0.350. The second kappa shape index (κ2) is 9.18. The van der Waals surface area contributed by atoms with Gasteiger partial charge in [0.1, 0.15) is 30.9 Å². The van der Waals surface area contributed by atoms with Gasteiger partial charge in [-0.15, -0.1) is 6.58 Å². The Morgan fingerprint density at radius 1 is 0.900 bits per heavy atom. The van der Waals surface area contributed by atoms with Crippen LogP contribution < -0.4 is 14.8 Å². The zero-order valence-corrected chi connectivity index (χ0v) is 16.7. The number of amides is 1. The normalized spacial score (nSPS) is 15.1. The van der Waals surface area contributed by atoms with E-state index < -0.39 is 0 Å². The number of ether oxygens (including phenoxy) is 2. The van der Waals surface area contributed by atoms with Crippen molar-refractivity contribution in [1.82, 2.24) is 4.90 Å². The molecule has 1 amide bonds. The largest absolute Gasteiger partial charge is 0.490 e. The second-order valence-corrected chi connectivity index (χ2v) is 6.89. The number of fused-ring (bicyclic) bond motifs is 1. The van der Waals surface area contributed by atoms with Gasteiger partial charge in [-0.1, -0.05) is 54.6 Å². The van der Waals surface area contributed by atoms with Crippen LogP contribution in [0.15, 0.2) is 91.5 Å². The molecule has 1 aliphatic heterocycles. The van der Waals surface area contributed by atoms with Gasteiger partial charge in [0.05, 0.1) is 5.56 Å². The quantitative estimate of drug-likeness (QED) is 0.432. The number of anilines is 1. The summed E-state index contributed by atoms with van der Waals surface area (Å²) in [6.45, 7) is 5.06. The van der Waals surface area contributed by atoms with Gasteiger partial charge < -0.3 is 19.7 Å². The average Bonchev–Trinajstić information content (AvgIpc) is 2.80. The number of hydrogen-bond donors (Lipinski definition) is 1. The molecule has 1 unspecified atom stereocenters. The molecule has 3 aromatic rings. The molecule has 0 fully saturated rings. The molecule has 3 aromatic carbocycles. The summed E-state index contributed by atoms with van der Waals surface area (Å²) < 4.78 is 11.8. The SMILES string of the molecule is C=CCN1C(=O)c2ccccc2NC1c1ccccc1OCCOc1ccccc1. The first-order chi connectivity index (χ1) is 14.8. The van der Waals surface area contributed by atoms with E-state index in [9.17, 15) is 4.79 Å². The first-order valence-electron chi connectivity index (χ1n) is 9.95. The molecule has 0 aliphatic carbocycles. The van der Waals surface area contributed by atoms with Crippen molar-refractivity contribution in [1.29, 1.82) is 0 Å². The van der Waals surface area contributed by atoms with Crippen LogP contribution in [0.1, 0.15) is 22.1 Å². The van der Waals surface area contributed by atoms with Crippen molar-refractivity contribution in [3.05, 3.63) is 103 Å². The maximum atomic E-state index is 13.1. The van der Waals surface area contributed by atoms with Gasteiger partial charge in [-0.05, 0) is 30.3 Å². The molecule has 0 spiro atoms. The predicted octanol–water partition coefficient (Wildman–Crippen LogP) is 4.90. The van der Waals surface area contributed by atoms with E-state index in [0.29, 0.717) is 31.1 Å². The van der Waals surface area contributed by atoms with Gasteiger partial charge in [0.2, 0.25) is 0 Å². The van der Waals surface area contributed by atoms with Gasteiger partial charge in [0, 0.05) is 17.8 Å². The Balaban J connectivity index is 1.53. The minimum absolute atomic E-state index is 0.0311. The highest BCUT2D eigenvalue weighted by molar-refractivity contribution is 6.01. The average molecular weight is 400 g/mol. The highest BCUT2D eigenvalue weighted by Gasteiger charge is 2.33. The number of nitrogens with one attached hydrogen (secondary N) is 1. The van der Waals surface area contributed by atoms with Crippen molar-refractivity contribution in [2.75, 3.05) is 25.1 Å². The van der Waals surface area contributed by atoms with Gasteiger partial charge in [0.25, 0.3) is 5.91 Å². The maximum absolute atomic E-state index is 13.1. The molecule has 1 aliphatic rings. The Morgan fingerprint density at radius 2 is 1.60 bits per heavy atom. The number of hydrogen-bond acceptors (Lipinski definition) is 4. The van der Waals surface area contributed by atoms with E-state index in [-0.39, 0.29) is 12.1 Å². The summed E-state index contributed by atoms with van der Waals surface area (Å²) >= 11 is 0. The lowest BCUT2D eigenvalue weighted by atomic mass is 10.0. The first kappa shape index (κ1) is 19.6. The Hall–Kier alpha value is -3.73. The third-order valence-corrected chi connectivity index (χ3v) is 4.91. The molecule has 0 radical (unpaired) electrons. The number of benzene rings is 3. The maximum Gasteiger partial charge on any atom is 0.258 e. The van der Waals surface area contributed by atoms with Gasteiger partial charge in [0.15, 0.2) is 0 Å². The molecule has 0 aromatic heterocycles. The molecule has 0 saturated carbocycles. The molecule has 152 valence electrons. The van der Waals surface area contributed by atoms with Gasteiger partial charge >= 0.3 is 0 Å². The molecule has 4 rings (SSSR count). The van der Waals surface area contributed by atoms with Crippen LogP contribution in [0.5, 0.6) is 11.5 Å². The van der Waals surface area contributed by atoms with Gasteiger partial charge in [-0.2, -0.15) is 0 Å². The standard InChI is InChI=1S/C25H24N2O3/c1-2-16-27-24(26-22-14-8-6-12-20(22)25(27)28)21-13-7-9-15-23(21)30-18-17-29-19-10-4-3-5-11-19/h2-15,24,26H,1,16-18H2. The van der Waals surface area contributed by atoms with Crippen LogP contribution in [-0.4, -0.2) is 30.6 Å². The topological polar surface area (TPSA) is 50.8 Å². The van der Waals surface area contributed by atoms with Crippen LogP contribution in [0.25, 0.3) is 0 Å². The van der Waals surface area contributed by atoms with E-state index in [2.05, 4.69) is 11.9 Å². The van der Waals surface area contributed by atoms with Crippen LogP contribution in [0.3, 0.4) is 0 Å². The molecule has 1 heterocycles. The van der Waals surface area contributed by atoms with E-state index in [1.807, 2.05) is 78.9 Å². The summed E-state index contributed by atoms with van der Waals surface area (Å²) in [7, 11) is 0. The van der Waals surface area contributed by atoms with Gasteiger partial charge in [-0.3, -0.25) is 4.79 Å². The summed E-state index contributed by atoms with van der Waals surface area (Å²) in [5, 5.41) is 3.48. The molecule has 0 saturated heterocycles. The Kier molecular flexibility index (Phi) is 5.99. The van der Waals surface area contributed by atoms with Crippen molar-refractivity contribution in [2.45, 2.75) is 6.17 Å². The third-order valence-electron chi connectivity index (χ3n) is 4.91. The van der Waals surface area contributed by atoms with E-state index in [4.69, 9.17) is 9.47 Å². The molecule has 0 bridgehead atoms. The van der Waals surface area contributed by atoms with Crippen molar-refractivity contribution in [2.24, 2.45) is 0 Å². The lowest BCUT2D eigenvalue weighted by Gasteiger charge is -2.38. The highest BCUT2D eigenvalue weighted by Crippen LogP contribution is 2.36. The fraction of sp³-hybridized carbons (Fsp3) is 0.160. The Bertz CT molecular complexity index is 1020. The Morgan fingerprint density at radius 3 is 2.43 bits per heavy atom. The molecule has 1 N–H and O–H groups in total. The van der Waals surface area contributed by atoms with Crippen molar-refractivity contribution in [3.8, 4) is 11.5 Å². The fourth-order valence-corrected chi connectivity index (χ4v) is 3.53. The van der Waals surface area contributed by atoms with Crippen LogP contribution in [0.4, 0.5) is 5.69 Å². The van der Waals surface area contributed by atoms with E-state index >= 15 is 0 Å². The first-order valence-corrected chi connectivity index (χ1v) is 9.95. The van der Waals surface area contributed by atoms with E-state index in [0.717, 1.165) is 17.0 Å². The molecule has 1 atom stereocenters. The lowest BCUT2D eigenvalue weighted by Crippen LogP contribution is -2.43. The third kappa shape index (κ3) is 4.15. The highest BCUT2D eigenvalue weighted by atomic mass is 16.5. The molecular weight excluding hydrogens is 376 g/mol. The van der Waals surface area contributed by atoms with E-state index in [1.165, 1.54) is 0 Å². The minimum Gasteiger partial charge on any atom is -0.490 e. The fourth-order valence-electron chi connectivity index (χ4n) is 3.53. The summed E-state index contributed by atoms with van der Waals surface area (Å²) in [6, 6.07) is 24.9. The molecular formula is C25H24N2O3. The molecule has 30 heavy (non-hydrogen) atoms. The van der Waals surface area contributed by atoms with E-state index in [1.54, 1.807) is 11.0 Å². The van der Waals surface area contributed by atoms with Crippen molar-refractivity contribution in [3.63, 3.8) is 0 Å². The zero-order chi connectivity index (χ0) is 20.8. The number of nitrogens with zero attached hydrogens (tertiary/aromatic N) is 1. The monoisotopic (exact) mass is 400 g/mol. The summed E-state index contributed by atoms with van der Waals surface area (Å²) in [4.78, 5) is 14.9. The van der Waals surface area contributed by atoms with Crippen LogP contribution in [0, 0.1) is 0 Å². The van der Waals surface area contributed by atoms with Gasteiger partial charge in [-0.25, -0.2) is 0 Å². The van der Waals surface area contributed by atoms with Crippen molar-refractivity contribution >= 4 is 11.6 Å². The summed E-state index contributed by atoms with van der Waals surface area (Å²) in [5.74, 6) is 1.49. The Labute approximate surface area is 176 Å². The summed E-state index contributed by atoms with van der Waals surface area (Å²) in [5.41, 5.74) is 2.36. The summed E-state index contributed by atoms with van der Waals surface area (Å²) in [6.07, 6.45) is 1.38. The number of rotatable bonds is 8. The van der Waals surface area contributed by atoms with Crippen LogP contribution in [-0.2, 0) is 0 Å². The lowest BCUT2D eigenvalue weighted by molar-refractivity contribution is 0.0704.